The summed E-state index contributed by atoms with van der Waals surface area (Å²) in [5.74, 6) is 0. The molecule has 0 amide bonds. The number of nitriles is 1. The van der Waals surface area contributed by atoms with E-state index in [-0.39, 0.29) is 16.7 Å². The van der Waals surface area contributed by atoms with Crippen molar-refractivity contribution in [3.05, 3.63) is 29.3 Å². The van der Waals surface area contributed by atoms with Crippen LogP contribution in [0.1, 0.15) is 38.3 Å². The monoisotopic (exact) mass is 270 g/mol. The first-order valence-corrected chi connectivity index (χ1v) is 5.99. The summed E-state index contributed by atoms with van der Waals surface area (Å²) in [5.41, 5.74) is -0.706. The van der Waals surface area contributed by atoms with Crippen LogP contribution in [-0.2, 0) is 6.18 Å². The van der Waals surface area contributed by atoms with E-state index in [2.05, 4.69) is 5.32 Å². The predicted molar refractivity (Wildman–Crippen MR) is 68.7 cm³/mol. The highest BCUT2D eigenvalue weighted by molar-refractivity contribution is 5.56. The van der Waals surface area contributed by atoms with Gasteiger partial charge in [0.1, 0.15) is 0 Å². The van der Waals surface area contributed by atoms with Crippen LogP contribution in [0.3, 0.4) is 0 Å². The molecular weight excluding hydrogens is 253 g/mol. The molecule has 19 heavy (non-hydrogen) atoms. The molecule has 0 saturated heterocycles. The number of alkyl halides is 3. The topological polar surface area (TPSA) is 35.8 Å². The van der Waals surface area contributed by atoms with Crippen molar-refractivity contribution in [2.24, 2.45) is 5.41 Å². The molecule has 0 aliphatic rings. The van der Waals surface area contributed by atoms with E-state index < -0.39 is 11.7 Å². The van der Waals surface area contributed by atoms with E-state index in [9.17, 15) is 13.2 Å². The first-order valence-electron chi connectivity index (χ1n) is 5.99. The van der Waals surface area contributed by atoms with Gasteiger partial charge in [-0.3, -0.25) is 0 Å². The highest BCUT2D eigenvalue weighted by atomic mass is 19.4. The van der Waals surface area contributed by atoms with Crippen LogP contribution in [0, 0.1) is 16.7 Å². The van der Waals surface area contributed by atoms with Gasteiger partial charge in [0.2, 0.25) is 0 Å². The van der Waals surface area contributed by atoms with Crippen molar-refractivity contribution >= 4 is 5.69 Å². The average molecular weight is 270 g/mol. The maximum Gasteiger partial charge on any atom is 0.418 e. The molecule has 0 bridgehead atoms. The summed E-state index contributed by atoms with van der Waals surface area (Å²) in [5, 5.41) is 11.5. The lowest BCUT2D eigenvalue weighted by Gasteiger charge is -2.20. The Kier molecular flexibility index (Phi) is 4.46. The number of rotatable bonds is 3. The van der Waals surface area contributed by atoms with Gasteiger partial charge in [-0.25, -0.2) is 0 Å². The van der Waals surface area contributed by atoms with E-state index in [1.807, 2.05) is 20.8 Å². The Balaban J connectivity index is 2.92. The number of anilines is 1. The summed E-state index contributed by atoms with van der Waals surface area (Å²) in [6, 6.07) is 5.29. The third-order valence-corrected chi connectivity index (χ3v) is 2.64. The summed E-state index contributed by atoms with van der Waals surface area (Å²) in [7, 11) is 0. The van der Waals surface area contributed by atoms with Gasteiger partial charge in [-0.2, -0.15) is 18.4 Å². The second-order valence-electron chi connectivity index (χ2n) is 5.61. The number of nitrogens with zero attached hydrogens (tertiary/aromatic N) is 1. The van der Waals surface area contributed by atoms with Crippen LogP contribution < -0.4 is 5.32 Å². The van der Waals surface area contributed by atoms with Crippen LogP contribution in [0.15, 0.2) is 18.2 Å². The molecule has 5 heteroatoms. The van der Waals surface area contributed by atoms with Crippen LogP contribution in [0.5, 0.6) is 0 Å². The lowest BCUT2D eigenvalue weighted by Crippen LogP contribution is -2.16. The van der Waals surface area contributed by atoms with Gasteiger partial charge in [-0.1, -0.05) is 20.8 Å². The third-order valence-electron chi connectivity index (χ3n) is 2.64. The van der Waals surface area contributed by atoms with Gasteiger partial charge in [0.25, 0.3) is 0 Å². The van der Waals surface area contributed by atoms with Crippen LogP contribution in [0.4, 0.5) is 18.9 Å². The van der Waals surface area contributed by atoms with Crippen molar-refractivity contribution in [2.45, 2.75) is 33.4 Å². The van der Waals surface area contributed by atoms with Crippen molar-refractivity contribution in [1.82, 2.24) is 0 Å². The molecule has 0 unspecified atom stereocenters. The minimum absolute atomic E-state index is 0.00805. The number of hydrogen-bond donors (Lipinski definition) is 1. The second kappa shape index (κ2) is 5.52. The van der Waals surface area contributed by atoms with E-state index in [1.54, 1.807) is 6.07 Å². The molecule has 1 rings (SSSR count). The maximum absolute atomic E-state index is 12.9. The fourth-order valence-electron chi connectivity index (χ4n) is 1.57. The van der Waals surface area contributed by atoms with Crippen LogP contribution in [-0.4, -0.2) is 6.54 Å². The van der Waals surface area contributed by atoms with Gasteiger partial charge in [0, 0.05) is 12.2 Å². The Morgan fingerprint density at radius 1 is 1.21 bits per heavy atom. The molecule has 0 spiro atoms. The quantitative estimate of drug-likeness (QED) is 0.882. The highest BCUT2D eigenvalue weighted by Gasteiger charge is 2.33. The van der Waals surface area contributed by atoms with Crippen molar-refractivity contribution in [1.29, 1.82) is 5.26 Å². The number of benzene rings is 1. The van der Waals surface area contributed by atoms with Crippen LogP contribution in [0.2, 0.25) is 0 Å². The summed E-state index contributed by atoms with van der Waals surface area (Å²) in [6.07, 6.45) is -3.71. The molecule has 0 atom stereocenters. The number of nitrogens with one attached hydrogen (secondary N) is 1. The zero-order valence-corrected chi connectivity index (χ0v) is 11.2. The number of hydrogen-bond acceptors (Lipinski definition) is 2. The average Bonchev–Trinajstić information content (AvgIpc) is 2.26. The van der Waals surface area contributed by atoms with Gasteiger partial charge >= 0.3 is 6.18 Å². The molecule has 0 aliphatic heterocycles. The Labute approximate surface area is 111 Å². The lowest BCUT2D eigenvalue weighted by atomic mass is 9.92. The zero-order chi connectivity index (χ0) is 14.7. The molecule has 1 aromatic carbocycles. The third kappa shape index (κ3) is 4.82. The molecule has 104 valence electrons. The maximum atomic E-state index is 12.9. The molecule has 0 saturated carbocycles. The Morgan fingerprint density at radius 2 is 1.84 bits per heavy atom. The normalized spacial score (nSPS) is 12.1. The SMILES string of the molecule is CC(C)(C)CCNc1ccc(C#N)cc1C(F)(F)F. The highest BCUT2D eigenvalue weighted by Crippen LogP contribution is 2.35. The molecule has 0 aromatic heterocycles. The Bertz CT molecular complexity index is 479. The van der Waals surface area contributed by atoms with E-state index >= 15 is 0 Å². The summed E-state index contributed by atoms with van der Waals surface area (Å²) in [4.78, 5) is 0. The van der Waals surface area contributed by atoms with Crippen LogP contribution >= 0.6 is 0 Å². The van der Waals surface area contributed by atoms with Crippen molar-refractivity contribution in [2.75, 3.05) is 11.9 Å². The molecule has 0 aliphatic carbocycles. The molecule has 1 aromatic rings. The van der Waals surface area contributed by atoms with Gasteiger partial charge < -0.3 is 5.32 Å². The van der Waals surface area contributed by atoms with E-state index in [1.165, 1.54) is 12.1 Å². The molecule has 1 N–H and O–H groups in total. The van der Waals surface area contributed by atoms with Crippen molar-refractivity contribution in [3.63, 3.8) is 0 Å². The molecule has 0 fully saturated rings. The fourth-order valence-corrected chi connectivity index (χ4v) is 1.57. The minimum Gasteiger partial charge on any atom is -0.385 e. The number of halogens is 3. The molecule has 0 radical (unpaired) electrons. The van der Waals surface area contributed by atoms with Gasteiger partial charge in [-0.15, -0.1) is 0 Å². The van der Waals surface area contributed by atoms with Crippen molar-refractivity contribution in [3.8, 4) is 6.07 Å². The second-order valence-corrected chi connectivity index (χ2v) is 5.61. The van der Waals surface area contributed by atoms with E-state index in [0.29, 0.717) is 6.54 Å². The largest absolute Gasteiger partial charge is 0.418 e. The Morgan fingerprint density at radius 3 is 2.32 bits per heavy atom. The standard InChI is InChI=1S/C14H17F3N2/c1-13(2,3)6-7-19-12-5-4-10(9-18)8-11(12)14(15,16)17/h4-5,8,19H,6-7H2,1-3H3. The van der Waals surface area contributed by atoms with Crippen LogP contribution in [0.25, 0.3) is 0 Å². The predicted octanol–water partition coefficient (Wildman–Crippen LogP) is 4.43. The summed E-state index contributed by atoms with van der Waals surface area (Å²) < 4.78 is 38.6. The van der Waals surface area contributed by atoms with Gasteiger partial charge in [-0.05, 0) is 30.0 Å². The molecular formula is C14H17F3N2. The Hall–Kier alpha value is -1.70. The van der Waals surface area contributed by atoms with E-state index in [0.717, 1.165) is 12.5 Å². The van der Waals surface area contributed by atoms with Gasteiger partial charge in [0.05, 0.1) is 17.2 Å². The fraction of sp³-hybridized carbons (Fsp3) is 0.500. The summed E-state index contributed by atoms with van der Waals surface area (Å²) >= 11 is 0. The van der Waals surface area contributed by atoms with Crippen molar-refractivity contribution < 1.29 is 13.2 Å². The molecule has 0 heterocycles. The van der Waals surface area contributed by atoms with Gasteiger partial charge in [0.15, 0.2) is 0 Å². The zero-order valence-electron chi connectivity index (χ0n) is 11.2. The minimum atomic E-state index is -4.46. The molecule has 2 nitrogen and oxygen atoms in total. The summed E-state index contributed by atoms with van der Waals surface area (Å²) in [6.45, 7) is 6.53. The smallest absolute Gasteiger partial charge is 0.385 e. The van der Waals surface area contributed by atoms with E-state index in [4.69, 9.17) is 5.26 Å². The first-order chi connectivity index (χ1) is 8.63. The lowest BCUT2D eigenvalue weighted by molar-refractivity contribution is -0.137. The first kappa shape index (κ1) is 15.4.